The lowest BCUT2D eigenvalue weighted by molar-refractivity contribution is -0.143. The molecule has 7 nitrogen and oxygen atoms in total. The summed E-state index contributed by atoms with van der Waals surface area (Å²) in [5.74, 6) is -1.20. The highest BCUT2D eigenvalue weighted by molar-refractivity contribution is 6.00. The molecule has 1 aliphatic heterocycles. The highest BCUT2D eigenvalue weighted by Gasteiger charge is 2.29. The van der Waals surface area contributed by atoms with E-state index >= 15 is 0 Å². The van der Waals surface area contributed by atoms with Crippen molar-refractivity contribution >= 4 is 23.6 Å². The Labute approximate surface area is 139 Å². The zero-order chi connectivity index (χ0) is 17.1. The normalized spacial score (nSPS) is 27.4. The highest BCUT2D eigenvalue weighted by Crippen LogP contribution is 2.28. The zero-order valence-electron chi connectivity index (χ0n) is 13.3. The minimum Gasteiger partial charge on any atom is -0.481 e. The lowest BCUT2D eigenvalue weighted by Crippen LogP contribution is -2.39. The summed E-state index contributed by atoms with van der Waals surface area (Å²) in [4.78, 5) is 38.7. The Morgan fingerprint density at radius 1 is 1.17 bits per heavy atom. The van der Waals surface area contributed by atoms with Crippen molar-refractivity contribution in [3.63, 3.8) is 0 Å². The second-order valence-electron chi connectivity index (χ2n) is 6.48. The number of rotatable bonds is 4. The molecule has 128 valence electrons. The quantitative estimate of drug-likeness (QED) is 0.724. The maximum absolute atomic E-state index is 12.0. The van der Waals surface area contributed by atoms with Gasteiger partial charge in [0.1, 0.15) is 5.82 Å². The number of amides is 2. The van der Waals surface area contributed by atoms with Crippen LogP contribution in [0.1, 0.15) is 50.1 Å². The number of pyridine rings is 1. The van der Waals surface area contributed by atoms with Gasteiger partial charge in [0.25, 0.3) is 0 Å². The van der Waals surface area contributed by atoms with Crippen molar-refractivity contribution in [3.8, 4) is 0 Å². The number of carboxylic acid groups (broad SMARTS) is 1. The van der Waals surface area contributed by atoms with Gasteiger partial charge in [-0.2, -0.15) is 0 Å². The SMILES string of the molecule is O=C1CCC(c2cccc(NC3CCC(C(=O)O)CC3)n2)C(=O)N1. The first-order chi connectivity index (χ1) is 11.5. The Morgan fingerprint density at radius 2 is 1.92 bits per heavy atom. The Balaban J connectivity index is 1.63. The number of nitrogens with zero attached hydrogens (tertiary/aromatic N) is 1. The second-order valence-corrected chi connectivity index (χ2v) is 6.48. The first-order valence-corrected chi connectivity index (χ1v) is 8.33. The van der Waals surface area contributed by atoms with Gasteiger partial charge in [-0.15, -0.1) is 0 Å². The number of carbonyl (C=O) groups is 3. The number of anilines is 1. The summed E-state index contributed by atoms with van der Waals surface area (Å²) in [7, 11) is 0. The number of imide groups is 1. The molecule has 2 amide bonds. The summed E-state index contributed by atoms with van der Waals surface area (Å²) in [5.41, 5.74) is 0.657. The predicted molar refractivity (Wildman–Crippen MR) is 86.4 cm³/mol. The Kier molecular flexibility index (Phi) is 4.78. The third-order valence-electron chi connectivity index (χ3n) is 4.80. The van der Waals surface area contributed by atoms with E-state index in [9.17, 15) is 14.4 Å². The van der Waals surface area contributed by atoms with E-state index in [1.165, 1.54) is 0 Å². The molecule has 0 spiro atoms. The molecule has 0 bridgehead atoms. The van der Waals surface area contributed by atoms with Gasteiger partial charge in [-0.25, -0.2) is 4.98 Å². The molecule has 3 N–H and O–H groups in total. The van der Waals surface area contributed by atoms with Gasteiger partial charge in [-0.3, -0.25) is 19.7 Å². The van der Waals surface area contributed by atoms with Gasteiger partial charge in [0.2, 0.25) is 11.8 Å². The molecule has 1 aromatic heterocycles. The molecule has 1 aromatic rings. The van der Waals surface area contributed by atoms with Gasteiger partial charge in [0.15, 0.2) is 0 Å². The molecule has 7 heteroatoms. The summed E-state index contributed by atoms with van der Waals surface area (Å²) in [6, 6.07) is 5.69. The third kappa shape index (κ3) is 3.72. The van der Waals surface area contributed by atoms with Gasteiger partial charge < -0.3 is 10.4 Å². The maximum Gasteiger partial charge on any atom is 0.306 e. The van der Waals surface area contributed by atoms with Crippen molar-refractivity contribution in [3.05, 3.63) is 23.9 Å². The van der Waals surface area contributed by atoms with E-state index < -0.39 is 11.9 Å². The molecule has 1 saturated heterocycles. The van der Waals surface area contributed by atoms with Crippen LogP contribution in [0.5, 0.6) is 0 Å². The van der Waals surface area contributed by atoms with Crippen LogP contribution in [-0.4, -0.2) is 33.9 Å². The van der Waals surface area contributed by atoms with Gasteiger partial charge >= 0.3 is 5.97 Å². The number of aromatic nitrogens is 1. The van der Waals surface area contributed by atoms with E-state index in [2.05, 4.69) is 15.6 Å². The molecule has 1 unspecified atom stereocenters. The summed E-state index contributed by atoms with van der Waals surface area (Å²) < 4.78 is 0. The Bertz CT molecular complexity index is 653. The average Bonchev–Trinajstić information content (AvgIpc) is 2.55. The van der Waals surface area contributed by atoms with Crippen LogP contribution in [0.3, 0.4) is 0 Å². The van der Waals surface area contributed by atoms with Crippen LogP contribution in [0.4, 0.5) is 5.82 Å². The standard InChI is InChI=1S/C17H21N3O4/c21-15-9-8-12(16(22)20-15)13-2-1-3-14(19-13)18-11-6-4-10(5-7-11)17(23)24/h1-3,10-12H,4-9H2,(H,18,19)(H,23,24)(H,20,21,22). The molecule has 0 aromatic carbocycles. The lowest BCUT2D eigenvalue weighted by atomic mass is 9.86. The molecule has 1 saturated carbocycles. The minimum absolute atomic E-state index is 0.199. The first kappa shape index (κ1) is 16.4. The van der Waals surface area contributed by atoms with Crippen molar-refractivity contribution in [1.82, 2.24) is 10.3 Å². The molecule has 2 heterocycles. The van der Waals surface area contributed by atoms with Crippen molar-refractivity contribution in [2.45, 2.75) is 50.5 Å². The lowest BCUT2D eigenvalue weighted by Gasteiger charge is -2.27. The summed E-state index contributed by atoms with van der Waals surface area (Å²) in [6.07, 6.45) is 3.72. The number of hydrogen-bond acceptors (Lipinski definition) is 5. The summed E-state index contributed by atoms with van der Waals surface area (Å²) >= 11 is 0. The van der Waals surface area contributed by atoms with Crippen LogP contribution in [0, 0.1) is 5.92 Å². The number of nitrogens with one attached hydrogen (secondary N) is 2. The van der Waals surface area contributed by atoms with Crippen LogP contribution in [0.25, 0.3) is 0 Å². The monoisotopic (exact) mass is 331 g/mol. The van der Waals surface area contributed by atoms with Gasteiger partial charge in [0, 0.05) is 12.5 Å². The topological polar surface area (TPSA) is 108 Å². The molecule has 2 fully saturated rings. The van der Waals surface area contributed by atoms with Crippen LogP contribution < -0.4 is 10.6 Å². The second kappa shape index (κ2) is 6.98. The fraction of sp³-hybridized carbons (Fsp3) is 0.529. The van der Waals surface area contributed by atoms with E-state index in [1.807, 2.05) is 12.1 Å². The summed E-state index contributed by atoms with van der Waals surface area (Å²) in [6.45, 7) is 0. The molecule has 24 heavy (non-hydrogen) atoms. The average molecular weight is 331 g/mol. The first-order valence-electron chi connectivity index (χ1n) is 8.33. The fourth-order valence-electron chi connectivity index (χ4n) is 3.40. The molecular formula is C17H21N3O4. The Hall–Kier alpha value is -2.44. The largest absolute Gasteiger partial charge is 0.481 e. The van der Waals surface area contributed by atoms with Crippen molar-refractivity contribution in [2.24, 2.45) is 5.92 Å². The minimum atomic E-state index is -0.716. The number of carboxylic acids is 1. The predicted octanol–water partition coefficient (Wildman–Crippen LogP) is 1.66. The third-order valence-corrected chi connectivity index (χ3v) is 4.80. The fourth-order valence-corrected chi connectivity index (χ4v) is 3.40. The van der Waals surface area contributed by atoms with Crippen LogP contribution >= 0.6 is 0 Å². The van der Waals surface area contributed by atoms with Gasteiger partial charge in [-0.05, 0) is 44.2 Å². The summed E-state index contributed by atoms with van der Waals surface area (Å²) in [5, 5.41) is 14.7. The van der Waals surface area contributed by atoms with Crippen molar-refractivity contribution < 1.29 is 19.5 Å². The highest BCUT2D eigenvalue weighted by atomic mass is 16.4. The number of carbonyl (C=O) groups excluding carboxylic acids is 2. The molecule has 2 aliphatic rings. The van der Waals surface area contributed by atoms with E-state index in [-0.39, 0.29) is 23.8 Å². The van der Waals surface area contributed by atoms with Crippen molar-refractivity contribution in [2.75, 3.05) is 5.32 Å². The number of piperidine rings is 1. The van der Waals surface area contributed by atoms with E-state index in [4.69, 9.17) is 5.11 Å². The Morgan fingerprint density at radius 3 is 2.58 bits per heavy atom. The van der Waals surface area contributed by atoms with E-state index in [1.54, 1.807) is 6.07 Å². The van der Waals surface area contributed by atoms with Gasteiger partial charge in [-0.1, -0.05) is 6.07 Å². The molecule has 1 aliphatic carbocycles. The smallest absolute Gasteiger partial charge is 0.306 e. The van der Waals surface area contributed by atoms with Crippen molar-refractivity contribution in [1.29, 1.82) is 0 Å². The molecule has 0 radical (unpaired) electrons. The van der Waals surface area contributed by atoms with Crippen LogP contribution in [-0.2, 0) is 14.4 Å². The van der Waals surface area contributed by atoms with Gasteiger partial charge in [0.05, 0.1) is 17.5 Å². The molecular weight excluding hydrogens is 310 g/mol. The van der Waals surface area contributed by atoms with Crippen LogP contribution in [0.2, 0.25) is 0 Å². The van der Waals surface area contributed by atoms with E-state index in [0.29, 0.717) is 37.2 Å². The zero-order valence-corrected chi connectivity index (χ0v) is 13.3. The maximum atomic E-state index is 12.0. The van der Waals surface area contributed by atoms with E-state index in [0.717, 1.165) is 12.8 Å². The molecule has 1 atom stereocenters. The molecule has 3 rings (SSSR count). The number of hydrogen-bond donors (Lipinski definition) is 3. The van der Waals surface area contributed by atoms with Crippen LogP contribution in [0.15, 0.2) is 18.2 Å². The number of aliphatic carboxylic acids is 1.